The Hall–Kier alpha value is -1.11. The highest BCUT2D eigenvalue weighted by Gasteiger charge is 2.46. The van der Waals surface area contributed by atoms with E-state index in [1.165, 1.54) is 0 Å². The van der Waals surface area contributed by atoms with Gasteiger partial charge in [0.2, 0.25) is 5.91 Å². The molecule has 6 nitrogen and oxygen atoms in total. The van der Waals surface area contributed by atoms with Crippen LogP contribution in [-0.2, 0) is 24.2 Å². The number of carbonyl (C=O) groups excluding carboxylic acids is 2. The molecule has 18 heavy (non-hydrogen) atoms. The molecule has 104 valence electrons. The summed E-state index contributed by atoms with van der Waals surface area (Å²) in [6.07, 6.45) is 1.37. The van der Waals surface area contributed by atoms with Gasteiger partial charge in [-0.1, -0.05) is 0 Å². The molecule has 0 aliphatic heterocycles. The fourth-order valence-corrected chi connectivity index (χ4v) is 3.66. The molecule has 1 rings (SSSR count). The molecule has 0 aromatic carbocycles. The second-order valence-corrected chi connectivity index (χ2v) is 6.93. The van der Waals surface area contributed by atoms with Gasteiger partial charge < -0.3 is 10.1 Å². The van der Waals surface area contributed by atoms with Crippen LogP contribution in [0.4, 0.5) is 0 Å². The van der Waals surface area contributed by atoms with E-state index in [1.807, 2.05) is 0 Å². The van der Waals surface area contributed by atoms with Gasteiger partial charge in [0.1, 0.15) is 5.75 Å². The smallest absolute Gasteiger partial charge is 0.324 e. The van der Waals surface area contributed by atoms with E-state index in [-0.39, 0.29) is 12.0 Å². The number of hydrogen-bond acceptors (Lipinski definition) is 5. The highest BCUT2D eigenvalue weighted by atomic mass is 32.2. The van der Waals surface area contributed by atoms with Crippen molar-refractivity contribution in [1.29, 1.82) is 0 Å². The van der Waals surface area contributed by atoms with Crippen molar-refractivity contribution in [2.45, 2.75) is 38.0 Å². The molecule has 0 bridgehead atoms. The van der Waals surface area contributed by atoms with Crippen molar-refractivity contribution in [3.05, 3.63) is 0 Å². The molecule has 1 aliphatic rings. The van der Waals surface area contributed by atoms with E-state index in [1.54, 1.807) is 13.8 Å². The fraction of sp³-hybridized carbons (Fsp3) is 0.818. The van der Waals surface area contributed by atoms with Gasteiger partial charge >= 0.3 is 5.97 Å². The first-order valence-corrected chi connectivity index (χ1v) is 7.58. The van der Waals surface area contributed by atoms with E-state index >= 15 is 0 Å². The minimum atomic E-state index is -3.80. The van der Waals surface area contributed by atoms with Crippen LogP contribution >= 0.6 is 0 Å². The minimum absolute atomic E-state index is 0.134. The zero-order valence-corrected chi connectivity index (χ0v) is 11.6. The first-order valence-electron chi connectivity index (χ1n) is 5.86. The van der Waals surface area contributed by atoms with E-state index in [9.17, 15) is 18.0 Å². The van der Waals surface area contributed by atoms with Crippen molar-refractivity contribution in [1.82, 2.24) is 5.32 Å². The summed E-state index contributed by atoms with van der Waals surface area (Å²) in [7, 11) is -2.65. The molecular weight excluding hydrogens is 258 g/mol. The van der Waals surface area contributed by atoms with Crippen LogP contribution in [-0.4, -0.2) is 44.4 Å². The van der Waals surface area contributed by atoms with Crippen molar-refractivity contribution < 1.29 is 22.7 Å². The molecule has 1 saturated carbocycles. The normalized spacial score (nSPS) is 17.3. The molecule has 1 atom stereocenters. The maximum Gasteiger partial charge on any atom is 0.324 e. The third-order valence-corrected chi connectivity index (χ3v) is 4.67. The number of carbonyl (C=O) groups is 2. The molecule has 1 N–H and O–H groups in total. The number of rotatable bonds is 6. The van der Waals surface area contributed by atoms with Crippen LogP contribution in [0.2, 0.25) is 0 Å². The van der Waals surface area contributed by atoms with Gasteiger partial charge in [-0.15, -0.1) is 0 Å². The lowest BCUT2D eigenvalue weighted by Crippen LogP contribution is -2.41. The molecule has 1 amide bonds. The Morgan fingerprint density at radius 3 is 2.28 bits per heavy atom. The highest BCUT2D eigenvalue weighted by Crippen LogP contribution is 2.37. The Kier molecular flexibility index (Phi) is 4.72. The third-order valence-electron chi connectivity index (χ3n) is 2.65. The van der Waals surface area contributed by atoms with E-state index in [4.69, 9.17) is 0 Å². The molecule has 1 fully saturated rings. The first-order chi connectivity index (χ1) is 8.27. The molecule has 1 unspecified atom stereocenters. The second-order valence-electron chi connectivity index (χ2n) is 4.81. The number of ether oxygens (including phenoxy) is 1. The Balaban J connectivity index is 2.76. The third kappa shape index (κ3) is 3.97. The predicted molar refractivity (Wildman–Crippen MR) is 65.6 cm³/mol. The van der Waals surface area contributed by atoms with Gasteiger partial charge in [0.05, 0.1) is 7.11 Å². The lowest BCUT2D eigenvalue weighted by atomic mass is 10.3. The highest BCUT2D eigenvalue weighted by molar-refractivity contribution is 7.93. The molecule has 0 spiro atoms. The van der Waals surface area contributed by atoms with Crippen molar-refractivity contribution in [3.63, 3.8) is 0 Å². The molecular formula is C11H19NO5S. The maximum atomic E-state index is 12.0. The summed E-state index contributed by atoms with van der Waals surface area (Å²) in [4.78, 5) is 23.0. The Bertz CT molecular complexity index is 425. The summed E-state index contributed by atoms with van der Waals surface area (Å²) in [5, 5.41) is 1.31. The van der Waals surface area contributed by atoms with Crippen LogP contribution in [0, 0.1) is 5.92 Å². The lowest BCUT2D eigenvalue weighted by molar-refractivity contribution is -0.140. The first kappa shape index (κ1) is 14.9. The van der Waals surface area contributed by atoms with Gasteiger partial charge in [-0.25, -0.2) is 8.42 Å². The summed E-state index contributed by atoms with van der Waals surface area (Å²) in [5.74, 6) is -2.22. The van der Waals surface area contributed by atoms with Gasteiger partial charge in [0.15, 0.2) is 15.1 Å². The fourth-order valence-electron chi connectivity index (χ4n) is 1.78. The molecule has 0 heterocycles. The van der Waals surface area contributed by atoms with Crippen molar-refractivity contribution in [2.24, 2.45) is 5.92 Å². The zero-order chi connectivity index (χ0) is 13.9. The van der Waals surface area contributed by atoms with E-state index in [0.717, 1.165) is 7.11 Å². The van der Waals surface area contributed by atoms with E-state index in [0.29, 0.717) is 12.8 Å². The van der Waals surface area contributed by atoms with Crippen LogP contribution < -0.4 is 5.32 Å². The topological polar surface area (TPSA) is 89.5 Å². The lowest BCUT2D eigenvalue weighted by Gasteiger charge is -2.15. The molecule has 7 heteroatoms. The standard InChI is InChI=1S/C11H19NO5S/c1-7(2)12-9(13)6-18(15,16)10(8-4-5-8)11(14)17-3/h7-8,10H,4-6H2,1-3H3,(H,12,13). The average molecular weight is 277 g/mol. The molecule has 0 aromatic rings. The van der Waals surface area contributed by atoms with Crippen LogP contribution in [0.25, 0.3) is 0 Å². The number of hydrogen-bond donors (Lipinski definition) is 1. The Morgan fingerprint density at radius 1 is 1.33 bits per heavy atom. The SMILES string of the molecule is COC(=O)C(C1CC1)S(=O)(=O)CC(=O)NC(C)C. The zero-order valence-electron chi connectivity index (χ0n) is 10.8. The maximum absolute atomic E-state index is 12.0. The number of methoxy groups -OCH3 is 1. The monoisotopic (exact) mass is 277 g/mol. The second kappa shape index (κ2) is 5.69. The predicted octanol–water partition coefficient (Wildman–Crippen LogP) is -0.123. The molecule has 1 aliphatic carbocycles. The Morgan fingerprint density at radius 2 is 1.89 bits per heavy atom. The van der Waals surface area contributed by atoms with Crippen LogP contribution in [0.1, 0.15) is 26.7 Å². The average Bonchev–Trinajstić information content (AvgIpc) is 2.98. The van der Waals surface area contributed by atoms with E-state index in [2.05, 4.69) is 10.1 Å². The van der Waals surface area contributed by atoms with Crippen molar-refractivity contribution >= 4 is 21.7 Å². The van der Waals surface area contributed by atoms with Gasteiger partial charge in [0, 0.05) is 6.04 Å². The summed E-state index contributed by atoms with van der Waals surface area (Å²) in [5.41, 5.74) is 0. The van der Waals surface area contributed by atoms with Crippen molar-refractivity contribution in [3.8, 4) is 0 Å². The quantitative estimate of drug-likeness (QED) is 0.683. The summed E-state index contributed by atoms with van der Waals surface area (Å²) in [6.45, 7) is 3.48. The number of esters is 1. The number of amides is 1. The minimum Gasteiger partial charge on any atom is -0.468 e. The molecule has 0 radical (unpaired) electrons. The van der Waals surface area contributed by atoms with Gasteiger partial charge in [-0.3, -0.25) is 9.59 Å². The Labute approximate surface area is 107 Å². The van der Waals surface area contributed by atoms with Gasteiger partial charge in [-0.05, 0) is 32.6 Å². The summed E-state index contributed by atoms with van der Waals surface area (Å²) >= 11 is 0. The number of nitrogens with one attached hydrogen (secondary N) is 1. The molecule has 0 aromatic heterocycles. The summed E-state index contributed by atoms with van der Waals surface area (Å²) < 4.78 is 28.6. The molecule has 0 saturated heterocycles. The van der Waals surface area contributed by atoms with Gasteiger partial charge in [-0.2, -0.15) is 0 Å². The van der Waals surface area contributed by atoms with Crippen LogP contribution in [0.5, 0.6) is 0 Å². The summed E-state index contributed by atoms with van der Waals surface area (Å²) in [6, 6.07) is -0.134. The van der Waals surface area contributed by atoms with Crippen LogP contribution in [0.15, 0.2) is 0 Å². The van der Waals surface area contributed by atoms with Gasteiger partial charge in [0.25, 0.3) is 0 Å². The van der Waals surface area contributed by atoms with Crippen molar-refractivity contribution in [2.75, 3.05) is 12.9 Å². The van der Waals surface area contributed by atoms with E-state index < -0.39 is 32.7 Å². The largest absolute Gasteiger partial charge is 0.468 e. The van der Waals surface area contributed by atoms with Crippen LogP contribution in [0.3, 0.4) is 0 Å². The number of sulfone groups is 1.